The quantitative estimate of drug-likeness (QED) is 0.164. The van der Waals surface area contributed by atoms with E-state index in [4.69, 9.17) is 23.8 Å². The predicted molar refractivity (Wildman–Crippen MR) is 237 cm³/mol. The Morgan fingerprint density at radius 2 is 0.776 bits per heavy atom. The van der Waals surface area contributed by atoms with Crippen LogP contribution in [0.2, 0.25) is 0 Å². The fourth-order valence-electron chi connectivity index (χ4n) is 8.53. The standard InChI is InChI=1S/C53H31N3O2/c1-2-11-35(12-3-1)51-54-52(56-53(55-51)42-16-9-19-48-50(42)41-14-6-7-17-45(41)57-48)36-25-22-33(23-26-36)40-15-8-18-47-49(40)44-31-38(28-29-46(44)58-47)37-27-24-34-21-20-32-10-4-5-13-39(32)43(34)30-37/h1-31H. The van der Waals surface area contributed by atoms with Crippen LogP contribution in [-0.2, 0) is 0 Å². The number of aromatic nitrogens is 3. The molecule has 5 heteroatoms. The van der Waals surface area contributed by atoms with Gasteiger partial charge in [-0.2, -0.15) is 0 Å². The summed E-state index contributed by atoms with van der Waals surface area (Å²) >= 11 is 0. The van der Waals surface area contributed by atoms with E-state index in [0.717, 1.165) is 77.3 Å². The van der Waals surface area contributed by atoms with Crippen molar-refractivity contribution in [3.8, 4) is 56.4 Å². The Balaban J connectivity index is 0.970. The van der Waals surface area contributed by atoms with Gasteiger partial charge in [0.15, 0.2) is 17.5 Å². The van der Waals surface area contributed by atoms with Gasteiger partial charge in [-0.3, -0.25) is 0 Å². The van der Waals surface area contributed by atoms with E-state index in [1.807, 2.05) is 60.7 Å². The average molecular weight is 742 g/mol. The summed E-state index contributed by atoms with van der Waals surface area (Å²) in [5.41, 5.74) is 10.6. The molecular formula is C53H31N3O2. The van der Waals surface area contributed by atoms with Crippen LogP contribution in [0.4, 0.5) is 0 Å². The average Bonchev–Trinajstić information content (AvgIpc) is 3.87. The third-order valence-corrected chi connectivity index (χ3v) is 11.3. The molecule has 0 N–H and O–H groups in total. The maximum Gasteiger partial charge on any atom is 0.164 e. The van der Waals surface area contributed by atoms with Crippen LogP contribution in [0.25, 0.3) is 122 Å². The Labute approximate surface area is 332 Å². The number of hydrogen-bond donors (Lipinski definition) is 0. The number of nitrogens with zero attached hydrogens (tertiary/aromatic N) is 3. The van der Waals surface area contributed by atoms with Crippen molar-refractivity contribution < 1.29 is 8.83 Å². The predicted octanol–water partition coefficient (Wildman–Crippen LogP) is 14.3. The van der Waals surface area contributed by atoms with Crippen LogP contribution in [0.1, 0.15) is 0 Å². The molecule has 0 saturated carbocycles. The van der Waals surface area contributed by atoms with E-state index in [1.165, 1.54) is 27.1 Å². The van der Waals surface area contributed by atoms with Crippen molar-refractivity contribution in [3.05, 3.63) is 188 Å². The molecule has 58 heavy (non-hydrogen) atoms. The van der Waals surface area contributed by atoms with Crippen LogP contribution in [0.3, 0.4) is 0 Å². The SMILES string of the molecule is c1ccc(-c2nc(-c3ccc(-c4cccc5oc6ccc(-c7ccc8ccc9ccccc9c8c7)cc6c45)cc3)nc(-c3cccc4oc5ccccc5c34)n2)cc1. The highest BCUT2D eigenvalue weighted by atomic mass is 16.3. The van der Waals surface area contributed by atoms with Gasteiger partial charge in [0.2, 0.25) is 0 Å². The summed E-state index contributed by atoms with van der Waals surface area (Å²) in [6.45, 7) is 0. The van der Waals surface area contributed by atoms with Gasteiger partial charge in [0.05, 0.1) is 0 Å². The Morgan fingerprint density at radius 3 is 1.55 bits per heavy atom. The normalized spacial score (nSPS) is 11.8. The molecule has 270 valence electrons. The lowest BCUT2D eigenvalue weighted by molar-refractivity contribution is 0.668. The number of furan rings is 2. The summed E-state index contributed by atoms with van der Waals surface area (Å²) < 4.78 is 12.7. The van der Waals surface area contributed by atoms with Crippen molar-refractivity contribution in [3.63, 3.8) is 0 Å². The van der Waals surface area contributed by atoms with Gasteiger partial charge in [0, 0.05) is 38.2 Å². The Bertz CT molecular complexity index is 3570. The lowest BCUT2D eigenvalue weighted by Gasteiger charge is -2.10. The molecule has 0 aliphatic heterocycles. The highest BCUT2D eigenvalue weighted by Crippen LogP contribution is 2.41. The molecule has 9 aromatic carbocycles. The molecule has 0 aliphatic carbocycles. The van der Waals surface area contributed by atoms with Crippen molar-refractivity contribution in [2.75, 3.05) is 0 Å². The third-order valence-electron chi connectivity index (χ3n) is 11.3. The minimum absolute atomic E-state index is 0.593. The first-order chi connectivity index (χ1) is 28.7. The van der Waals surface area contributed by atoms with Crippen LogP contribution >= 0.6 is 0 Å². The molecule has 0 bridgehead atoms. The number of benzene rings is 9. The number of rotatable bonds is 5. The number of para-hydroxylation sites is 1. The van der Waals surface area contributed by atoms with Crippen LogP contribution in [0.15, 0.2) is 197 Å². The van der Waals surface area contributed by atoms with E-state index in [2.05, 4.69) is 127 Å². The van der Waals surface area contributed by atoms with Gasteiger partial charge in [-0.05, 0) is 80.2 Å². The first kappa shape index (κ1) is 32.4. The van der Waals surface area contributed by atoms with E-state index in [0.29, 0.717) is 17.5 Å². The first-order valence-electron chi connectivity index (χ1n) is 19.4. The largest absolute Gasteiger partial charge is 0.456 e. The molecule has 0 spiro atoms. The Morgan fingerprint density at radius 1 is 0.276 bits per heavy atom. The molecule has 0 atom stereocenters. The van der Waals surface area contributed by atoms with E-state index >= 15 is 0 Å². The van der Waals surface area contributed by atoms with E-state index in [1.54, 1.807) is 0 Å². The molecule has 3 aromatic heterocycles. The van der Waals surface area contributed by atoms with Crippen LogP contribution in [-0.4, -0.2) is 15.0 Å². The number of fused-ring (bicyclic) bond motifs is 9. The van der Waals surface area contributed by atoms with Gasteiger partial charge < -0.3 is 8.83 Å². The topological polar surface area (TPSA) is 65.0 Å². The minimum Gasteiger partial charge on any atom is -0.456 e. The zero-order chi connectivity index (χ0) is 38.2. The van der Waals surface area contributed by atoms with Gasteiger partial charge in [0.1, 0.15) is 22.3 Å². The molecule has 0 radical (unpaired) electrons. The second kappa shape index (κ2) is 12.8. The Kier molecular flexibility index (Phi) is 7.16. The summed E-state index contributed by atoms with van der Waals surface area (Å²) in [4.78, 5) is 15.2. The summed E-state index contributed by atoms with van der Waals surface area (Å²) in [6.07, 6.45) is 0. The van der Waals surface area contributed by atoms with Crippen molar-refractivity contribution in [1.82, 2.24) is 15.0 Å². The van der Waals surface area contributed by atoms with Crippen molar-refractivity contribution in [2.45, 2.75) is 0 Å². The summed E-state index contributed by atoms with van der Waals surface area (Å²) in [7, 11) is 0. The molecular weight excluding hydrogens is 711 g/mol. The van der Waals surface area contributed by atoms with E-state index in [-0.39, 0.29) is 0 Å². The van der Waals surface area contributed by atoms with Crippen molar-refractivity contribution in [1.29, 1.82) is 0 Å². The molecule has 0 saturated heterocycles. The summed E-state index contributed by atoms with van der Waals surface area (Å²) in [5, 5.41) is 9.18. The van der Waals surface area contributed by atoms with Crippen LogP contribution in [0, 0.1) is 0 Å². The summed E-state index contributed by atoms with van der Waals surface area (Å²) in [6, 6.07) is 65.3. The van der Waals surface area contributed by atoms with Gasteiger partial charge in [0.25, 0.3) is 0 Å². The molecule has 12 rings (SSSR count). The smallest absolute Gasteiger partial charge is 0.164 e. The maximum absolute atomic E-state index is 6.45. The van der Waals surface area contributed by atoms with E-state index < -0.39 is 0 Å². The van der Waals surface area contributed by atoms with Crippen LogP contribution < -0.4 is 0 Å². The van der Waals surface area contributed by atoms with Gasteiger partial charge >= 0.3 is 0 Å². The molecule has 0 amide bonds. The van der Waals surface area contributed by atoms with Gasteiger partial charge in [-0.25, -0.2) is 15.0 Å². The molecule has 0 fully saturated rings. The zero-order valence-corrected chi connectivity index (χ0v) is 31.1. The monoisotopic (exact) mass is 741 g/mol. The molecule has 12 aromatic rings. The highest BCUT2D eigenvalue weighted by molar-refractivity contribution is 6.14. The van der Waals surface area contributed by atoms with Gasteiger partial charge in [-0.15, -0.1) is 0 Å². The molecule has 0 unspecified atom stereocenters. The van der Waals surface area contributed by atoms with Gasteiger partial charge in [-0.1, -0.05) is 152 Å². The third kappa shape index (κ3) is 5.21. The maximum atomic E-state index is 6.45. The van der Waals surface area contributed by atoms with E-state index in [9.17, 15) is 0 Å². The second-order valence-electron chi connectivity index (χ2n) is 14.7. The van der Waals surface area contributed by atoms with Crippen LogP contribution in [0.5, 0.6) is 0 Å². The number of hydrogen-bond acceptors (Lipinski definition) is 5. The fraction of sp³-hybridized carbons (Fsp3) is 0. The molecule has 3 heterocycles. The highest BCUT2D eigenvalue weighted by Gasteiger charge is 2.19. The van der Waals surface area contributed by atoms with Crippen molar-refractivity contribution >= 4 is 65.4 Å². The Hall–Kier alpha value is -7.89. The fourth-order valence-corrected chi connectivity index (χ4v) is 8.53. The second-order valence-corrected chi connectivity index (χ2v) is 14.7. The molecule has 5 nitrogen and oxygen atoms in total. The van der Waals surface area contributed by atoms with Crippen molar-refractivity contribution in [2.24, 2.45) is 0 Å². The first-order valence-corrected chi connectivity index (χ1v) is 19.4. The zero-order valence-electron chi connectivity index (χ0n) is 31.1. The lowest BCUT2D eigenvalue weighted by Crippen LogP contribution is -2.00. The lowest BCUT2D eigenvalue weighted by atomic mass is 9.95. The summed E-state index contributed by atoms with van der Waals surface area (Å²) in [5.74, 6) is 1.80. The minimum atomic E-state index is 0.593. The molecule has 0 aliphatic rings.